The van der Waals surface area contributed by atoms with Crippen molar-refractivity contribution in [3.05, 3.63) is 35.8 Å². The van der Waals surface area contributed by atoms with E-state index < -0.39 is 0 Å². The average molecular weight is 345 g/mol. The number of hydrogen-bond donors (Lipinski definition) is 0. The third kappa shape index (κ3) is 2.80. The summed E-state index contributed by atoms with van der Waals surface area (Å²) in [5, 5.41) is 8.54. The Kier molecular flexibility index (Phi) is 3.99. The maximum absolute atomic E-state index is 12.1. The molecule has 0 aromatic carbocycles. The van der Waals surface area contributed by atoms with Crippen molar-refractivity contribution in [2.75, 3.05) is 26.7 Å². The third-order valence-corrected chi connectivity index (χ3v) is 5.36. The van der Waals surface area contributed by atoms with Crippen molar-refractivity contribution in [2.24, 2.45) is 0 Å². The molecule has 1 saturated heterocycles. The minimum atomic E-state index is -0.302. The van der Waals surface area contributed by atoms with Gasteiger partial charge in [0.05, 0.1) is 32.0 Å². The van der Waals surface area contributed by atoms with E-state index in [1.807, 2.05) is 19.1 Å². The van der Waals surface area contributed by atoms with Gasteiger partial charge in [0.2, 0.25) is 0 Å². The Morgan fingerprint density at radius 1 is 1.36 bits per heavy atom. The van der Waals surface area contributed by atoms with Crippen LogP contribution < -0.4 is 0 Å². The molecule has 0 aliphatic carbocycles. The van der Waals surface area contributed by atoms with E-state index in [-0.39, 0.29) is 11.6 Å². The molecule has 4 heterocycles. The van der Waals surface area contributed by atoms with Crippen LogP contribution in [0.15, 0.2) is 22.8 Å². The maximum Gasteiger partial charge on any atom is 0.409 e. The molecule has 2 aliphatic rings. The molecule has 8 heteroatoms. The molecule has 1 fully saturated rings. The van der Waals surface area contributed by atoms with Crippen molar-refractivity contribution >= 4 is 6.09 Å². The lowest BCUT2D eigenvalue weighted by Crippen LogP contribution is -2.57. The zero-order valence-electron chi connectivity index (χ0n) is 14.6. The number of nitrogens with zero attached hydrogens (tertiary/aromatic N) is 5. The summed E-state index contributed by atoms with van der Waals surface area (Å²) in [4.78, 5) is 16.2. The van der Waals surface area contributed by atoms with Crippen LogP contribution in [0.2, 0.25) is 0 Å². The number of amides is 1. The molecule has 0 bridgehead atoms. The first-order chi connectivity index (χ1) is 12.1. The van der Waals surface area contributed by atoms with Gasteiger partial charge in [-0.15, -0.1) is 10.2 Å². The third-order valence-electron chi connectivity index (χ3n) is 5.36. The van der Waals surface area contributed by atoms with Gasteiger partial charge in [0.1, 0.15) is 11.6 Å². The van der Waals surface area contributed by atoms with Gasteiger partial charge in [0.25, 0.3) is 0 Å². The van der Waals surface area contributed by atoms with Gasteiger partial charge in [-0.2, -0.15) is 0 Å². The molecule has 4 rings (SSSR count). The highest BCUT2D eigenvalue weighted by molar-refractivity contribution is 5.67. The number of aromatic nitrogens is 3. The predicted octanol–water partition coefficient (Wildman–Crippen LogP) is 1.75. The molecule has 0 saturated carbocycles. The first-order valence-corrected chi connectivity index (χ1v) is 8.60. The van der Waals surface area contributed by atoms with Crippen molar-refractivity contribution in [2.45, 2.75) is 38.4 Å². The Labute approximate surface area is 146 Å². The van der Waals surface area contributed by atoms with Crippen LogP contribution in [-0.2, 0) is 23.4 Å². The van der Waals surface area contributed by atoms with Gasteiger partial charge in [0.15, 0.2) is 5.82 Å². The second-order valence-electron chi connectivity index (χ2n) is 6.90. The Bertz CT molecular complexity index is 746. The van der Waals surface area contributed by atoms with E-state index in [1.165, 1.54) is 7.11 Å². The number of carbonyl (C=O) groups is 1. The molecular weight excluding hydrogens is 322 g/mol. The molecule has 1 amide bonds. The molecule has 1 spiro atoms. The second-order valence-corrected chi connectivity index (χ2v) is 6.90. The topological polar surface area (TPSA) is 76.6 Å². The minimum absolute atomic E-state index is 0.158. The van der Waals surface area contributed by atoms with Crippen LogP contribution in [0.1, 0.15) is 30.3 Å². The number of ether oxygens (including phenoxy) is 1. The molecule has 2 aromatic rings. The van der Waals surface area contributed by atoms with Gasteiger partial charge in [-0.1, -0.05) is 0 Å². The molecule has 8 nitrogen and oxygen atoms in total. The van der Waals surface area contributed by atoms with Crippen LogP contribution in [0.3, 0.4) is 0 Å². The fourth-order valence-electron chi connectivity index (χ4n) is 4.17. The molecular formula is C17H23N5O3. The average Bonchev–Trinajstić information content (AvgIpc) is 3.26. The van der Waals surface area contributed by atoms with Crippen LogP contribution in [0.4, 0.5) is 4.79 Å². The normalized spacial score (nSPS) is 19.8. The number of likely N-dealkylation sites (tertiary alicyclic amines) is 1. The van der Waals surface area contributed by atoms with Crippen molar-refractivity contribution in [1.29, 1.82) is 0 Å². The summed E-state index contributed by atoms with van der Waals surface area (Å²) in [5.74, 6) is 2.74. The lowest BCUT2D eigenvalue weighted by molar-refractivity contribution is 0.0305. The van der Waals surface area contributed by atoms with Gasteiger partial charge in [-0.25, -0.2) is 4.79 Å². The monoisotopic (exact) mass is 345 g/mol. The smallest absolute Gasteiger partial charge is 0.409 e. The molecule has 2 aliphatic heterocycles. The predicted molar refractivity (Wildman–Crippen MR) is 88.8 cm³/mol. The van der Waals surface area contributed by atoms with Gasteiger partial charge in [0, 0.05) is 19.6 Å². The number of fused-ring (bicyclic) bond motifs is 2. The number of hydrogen-bond acceptors (Lipinski definition) is 6. The van der Waals surface area contributed by atoms with E-state index in [0.717, 1.165) is 49.9 Å². The number of carbonyl (C=O) groups excluding carboxylic acids is 1. The van der Waals surface area contributed by atoms with E-state index >= 15 is 0 Å². The minimum Gasteiger partial charge on any atom is -0.468 e. The Balaban J connectivity index is 1.55. The molecule has 0 unspecified atom stereocenters. The van der Waals surface area contributed by atoms with E-state index in [2.05, 4.69) is 19.7 Å². The quantitative estimate of drug-likeness (QED) is 0.825. The SMILES string of the molecule is COC(=O)N1Cc2nnc(C)n2C2(CCN(Cc3ccco3)CC2)C1. The molecule has 134 valence electrons. The number of furan rings is 1. The van der Waals surface area contributed by atoms with Gasteiger partial charge in [-0.3, -0.25) is 9.80 Å². The highest BCUT2D eigenvalue weighted by Gasteiger charge is 2.45. The highest BCUT2D eigenvalue weighted by atomic mass is 16.5. The Hall–Kier alpha value is -2.35. The molecule has 2 aromatic heterocycles. The first kappa shape index (κ1) is 16.1. The summed E-state index contributed by atoms with van der Waals surface area (Å²) in [6, 6.07) is 3.93. The van der Waals surface area contributed by atoms with Crippen LogP contribution in [0, 0.1) is 6.92 Å². The van der Waals surface area contributed by atoms with Crippen molar-refractivity contribution < 1.29 is 13.9 Å². The molecule has 0 atom stereocenters. The van der Waals surface area contributed by atoms with Crippen molar-refractivity contribution in [3.8, 4) is 0 Å². The lowest BCUT2D eigenvalue weighted by atomic mass is 9.84. The molecule has 0 N–H and O–H groups in total. The van der Waals surface area contributed by atoms with E-state index in [1.54, 1.807) is 11.2 Å². The van der Waals surface area contributed by atoms with Crippen molar-refractivity contribution in [3.63, 3.8) is 0 Å². The van der Waals surface area contributed by atoms with E-state index in [0.29, 0.717) is 13.1 Å². The summed E-state index contributed by atoms with van der Waals surface area (Å²) in [5.41, 5.74) is -0.158. The first-order valence-electron chi connectivity index (χ1n) is 8.60. The van der Waals surface area contributed by atoms with Crippen LogP contribution in [-0.4, -0.2) is 57.4 Å². The highest BCUT2D eigenvalue weighted by Crippen LogP contribution is 2.37. The van der Waals surface area contributed by atoms with Crippen molar-refractivity contribution in [1.82, 2.24) is 24.6 Å². The van der Waals surface area contributed by atoms with Gasteiger partial charge in [-0.05, 0) is 31.9 Å². The standard InChI is InChI=1S/C17H23N5O3/c1-13-18-19-15-11-21(16(23)24-2)12-17(22(13)15)5-7-20(8-6-17)10-14-4-3-9-25-14/h3-4,9H,5-8,10-12H2,1-2H3. The summed E-state index contributed by atoms with van der Waals surface area (Å²) in [6.07, 6.45) is 3.28. The summed E-state index contributed by atoms with van der Waals surface area (Å²) in [6.45, 7) is 5.77. The Morgan fingerprint density at radius 2 is 2.16 bits per heavy atom. The van der Waals surface area contributed by atoms with E-state index in [4.69, 9.17) is 9.15 Å². The van der Waals surface area contributed by atoms with Gasteiger partial charge < -0.3 is 13.7 Å². The summed E-state index contributed by atoms with van der Waals surface area (Å²) < 4.78 is 12.7. The number of piperidine rings is 1. The lowest BCUT2D eigenvalue weighted by Gasteiger charge is -2.48. The fourth-order valence-corrected chi connectivity index (χ4v) is 4.17. The number of rotatable bonds is 2. The second kappa shape index (κ2) is 6.18. The summed E-state index contributed by atoms with van der Waals surface area (Å²) in [7, 11) is 1.42. The largest absolute Gasteiger partial charge is 0.468 e. The zero-order chi connectivity index (χ0) is 17.4. The Morgan fingerprint density at radius 3 is 2.84 bits per heavy atom. The molecule has 0 radical (unpaired) electrons. The van der Waals surface area contributed by atoms with Crippen LogP contribution >= 0.6 is 0 Å². The number of aryl methyl sites for hydroxylation is 1. The van der Waals surface area contributed by atoms with E-state index in [9.17, 15) is 4.79 Å². The number of methoxy groups -OCH3 is 1. The molecule has 25 heavy (non-hydrogen) atoms. The van der Waals surface area contributed by atoms with Crippen LogP contribution in [0.25, 0.3) is 0 Å². The maximum atomic E-state index is 12.1. The van der Waals surface area contributed by atoms with Gasteiger partial charge >= 0.3 is 6.09 Å². The summed E-state index contributed by atoms with van der Waals surface area (Å²) >= 11 is 0. The fraction of sp³-hybridized carbons (Fsp3) is 0.588. The zero-order valence-corrected chi connectivity index (χ0v) is 14.6. The van der Waals surface area contributed by atoms with Crippen LogP contribution in [0.5, 0.6) is 0 Å².